The highest BCUT2D eigenvalue weighted by Gasteiger charge is 2.16. The van der Waals surface area contributed by atoms with E-state index < -0.39 is 29.5 Å². The molecule has 0 heterocycles. The van der Waals surface area contributed by atoms with Crippen molar-refractivity contribution in [2.24, 2.45) is 11.5 Å². The molecule has 0 saturated carbocycles. The maximum absolute atomic E-state index is 13.2. The predicted octanol–water partition coefficient (Wildman–Crippen LogP) is -0.216. The zero-order valence-corrected chi connectivity index (χ0v) is 9.45. The maximum atomic E-state index is 13.2. The average molecular weight is 257 g/mol. The average Bonchev–Trinajstić information content (AvgIpc) is 2.29. The number of hydrogen-bond acceptors (Lipinski definition) is 3. The molecule has 0 fully saturated rings. The van der Waals surface area contributed by atoms with Crippen molar-refractivity contribution in [3.05, 3.63) is 35.4 Å². The first-order chi connectivity index (χ1) is 8.40. The van der Waals surface area contributed by atoms with Crippen molar-refractivity contribution >= 4 is 11.8 Å². The SMILES string of the molecule is NC(=O)CC(N)C(=O)NCc1cc(F)ccc1F. The molecule has 0 spiro atoms. The van der Waals surface area contributed by atoms with Gasteiger partial charge in [-0.1, -0.05) is 0 Å². The van der Waals surface area contributed by atoms with Gasteiger partial charge < -0.3 is 16.8 Å². The normalized spacial score (nSPS) is 11.9. The minimum absolute atomic E-state index is 0.00498. The number of carbonyl (C=O) groups is 2. The van der Waals surface area contributed by atoms with E-state index in [0.29, 0.717) is 0 Å². The van der Waals surface area contributed by atoms with Crippen LogP contribution in [-0.4, -0.2) is 17.9 Å². The molecule has 7 heteroatoms. The predicted molar refractivity (Wildman–Crippen MR) is 60.0 cm³/mol. The summed E-state index contributed by atoms with van der Waals surface area (Å²) in [5.41, 5.74) is 10.2. The number of benzene rings is 1. The van der Waals surface area contributed by atoms with E-state index >= 15 is 0 Å². The molecule has 1 aromatic carbocycles. The summed E-state index contributed by atoms with van der Waals surface area (Å²) >= 11 is 0. The van der Waals surface area contributed by atoms with Crippen LogP contribution in [-0.2, 0) is 16.1 Å². The second-order valence-corrected chi connectivity index (χ2v) is 3.73. The number of nitrogens with two attached hydrogens (primary N) is 2. The van der Waals surface area contributed by atoms with Crippen LogP contribution >= 0.6 is 0 Å². The molecule has 1 aromatic rings. The van der Waals surface area contributed by atoms with Crippen molar-refractivity contribution in [2.45, 2.75) is 19.0 Å². The van der Waals surface area contributed by atoms with E-state index in [0.717, 1.165) is 18.2 Å². The van der Waals surface area contributed by atoms with E-state index in [1.807, 2.05) is 0 Å². The number of amides is 2. The Bertz CT molecular complexity index is 466. The fourth-order valence-corrected chi connectivity index (χ4v) is 1.30. The van der Waals surface area contributed by atoms with Gasteiger partial charge in [0, 0.05) is 12.1 Å². The van der Waals surface area contributed by atoms with Crippen LogP contribution in [0.2, 0.25) is 0 Å². The van der Waals surface area contributed by atoms with Gasteiger partial charge >= 0.3 is 0 Å². The molecule has 0 saturated heterocycles. The van der Waals surface area contributed by atoms with Crippen LogP contribution < -0.4 is 16.8 Å². The smallest absolute Gasteiger partial charge is 0.237 e. The molecular formula is C11H13F2N3O2. The minimum Gasteiger partial charge on any atom is -0.370 e. The Hall–Kier alpha value is -2.02. The molecule has 0 radical (unpaired) electrons. The largest absolute Gasteiger partial charge is 0.370 e. The van der Waals surface area contributed by atoms with Gasteiger partial charge in [-0.2, -0.15) is 0 Å². The van der Waals surface area contributed by atoms with Crippen molar-refractivity contribution in [2.75, 3.05) is 0 Å². The van der Waals surface area contributed by atoms with Gasteiger partial charge in [0.05, 0.1) is 12.5 Å². The molecule has 0 aliphatic heterocycles. The number of carbonyl (C=O) groups excluding carboxylic acids is 2. The number of hydrogen-bond donors (Lipinski definition) is 3. The van der Waals surface area contributed by atoms with Crippen molar-refractivity contribution < 1.29 is 18.4 Å². The van der Waals surface area contributed by atoms with Crippen molar-refractivity contribution in [3.8, 4) is 0 Å². The molecule has 1 rings (SSSR count). The fourth-order valence-electron chi connectivity index (χ4n) is 1.30. The maximum Gasteiger partial charge on any atom is 0.237 e. The highest BCUT2D eigenvalue weighted by molar-refractivity contribution is 5.87. The van der Waals surface area contributed by atoms with E-state index in [9.17, 15) is 18.4 Å². The van der Waals surface area contributed by atoms with Gasteiger partial charge in [0.25, 0.3) is 0 Å². The van der Waals surface area contributed by atoms with E-state index in [4.69, 9.17) is 11.5 Å². The first kappa shape index (κ1) is 14.0. The quantitative estimate of drug-likeness (QED) is 0.680. The molecular weight excluding hydrogens is 244 g/mol. The second kappa shape index (κ2) is 6.06. The summed E-state index contributed by atoms with van der Waals surface area (Å²) in [4.78, 5) is 21.9. The van der Waals surface area contributed by atoms with Crippen LogP contribution in [0.5, 0.6) is 0 Å². The van der Waals surface area contributed by atoms with Crippen molar-refractivity contribution in [1.29, 1.82) is 0 Å². The molecule has 5 N–H and O–H groups in total. The lowest BCUT2D eigenvalue weighted by Gasteiger charge is -2.11. The summed E-state index contributed by atoms with van der Waals surface area (Å²) in [6.07, 6.45) is -0.308. The van der Waals surface area contributed by atoms with Gasteiger partial charge in [-0.15, -0.1) is 0 Å². The molecule has 18 heavy (non-hydrogen) atoms. The number of rotatable bonds is 5. The third-order valence-corrected chi connectivity index (χ3v) is 2.22. The topological polar surface area (TPSA) is 98.2 Å². The molecule has 2 amide bonds. The molecule has 0 aromatic heterocycles. The zero-order valence-electron chi connectivity index (χ0n) is 9.45. The van der Waals surface area contributed by atoms with Crippen LogP contribution in [0.3, 0.4) is 0 Å². The molecule has 0 aliphatic carbocycles. The molecule has 1 unspecified atom stereocenters. The van der Waals surface area contributed by atoms with Crippen LogP contribution in [0.25, 0.3) is 0 Å². The third-order valence-electron chi connectivity index (χ3n) is 2.22. The highest BCUT2D eigenvalue weighted by Crippen LogP contribution is 2.09. The summed E-state index contributed by atoms with van der Waals surface area (Å²) in [7, 11) is 0. The van der Waals surface area contributed by atoms with Crippen LogP contribution in [0.15, 0.2) is 18.2 Å². The van der Waals surface area contributed by atoms with Crippen LogP contribution in [0, 0.1) is 11.6 Å². The Morgan fingerprint density at radius 1 is 1.33 bits per heavy atom. The number of primary amides is 1. The van der Waals surface area contributed by atoms with E-state index in [2.05, 4.69) is 5.32 Å². The molecule has 0 aliphatic rings. The van der Waals surface area contributed by atoms with E-state index in [-0.39, 0.29) is 18.5 Å². The second-order valence-electron chi connectivity index (χ2n) is 3.73. The van der Waals surface area contributed by atoms with Gasteiger partial charge in [-0.25, -0.2) is 8.78 Å². The Labute approximate surface area is 102 Å². The lowest BCUT2D eigenvalue weighted by atomic mass is 10.1. The Morgan fingerprint density at radius 3 is 2.61 bits per heavy atom. The van der Waals surface area contributed by atoms with E-state index in [1.165, 1.54) is 0 Å². The zero-order chi connectivity index (χ0) is 13.7. The number of nitrogens with one attached hydrogen (secondary N) is 1. The molecule has 5 nitrogen and oxygen atoms in total. The number of halogens is 2. The Kier molecular flexibility index (Phi) is 4.73. The van der Waals surface area contributed by atoms with Crippen LogP contribution in [0.1, 0.15) is 12.0 Å². The van der Waals surface area contributed by atoms with Crippen molar-refractivity contribution in [3.63, 3.8) is 0 Å². The first-order valence-corrected chi connectivity index (χ1v) is 5.15. The summed E-state index contributed by atoms with van der Waals surface area (Å²) in [5, 5.41) is 2.29. The monoisotopic (exact) mass is 257 g/mol. The Morgan fingerprint density at radius 2 is 2.00 bits per heavy atom. The van der Waals surface area contributed by atoms with Gasteiger partial charge in [0.15, 0.2) is 0 Å². The van der Waals surface area contributed by atoms with Gasteiger partial charge in [0.1, 0.15) is 11.6 Å². The molecule has 98 valence electrons. The minimum atomic E-state index is -1.10. The van der Waals surface area contributed by atoms with Gasteiger partial charge in [0.2, 0.25) is 11.8 Å². The lowest BCUT2D eigenvalue weighted by molar-refractivity contribution is -0.126. The summed E-state index contributed by atoms with van der Waals surface area (Å²) in [6, 6.07) is 1.80. The summed E-state index contributed by atoms with van der Waals surface area (Å²) < 4.78 is 26.0. The third kappa shape index (κ3) is 4.10. The molecule has 0 bridgehead atoms. The van der Waals surface area contributed by atoms with Gasteiger partial charge in [-0.3, -0.25) is 9.59 Å². The highest BCUT2D eigenvalue weighted by atomic mass is 19.1. The van der Waals surface area contributed by atoms with Crippen molar-refractivity contribution in [1.82, 2.24) is 5.32 Å². The summed E-state index contributed by atoms with van der Waals surface area (Å²) in [6.45, 7) is -0.213. The standard InChI is InChI=1S/C11H13F2N3O2/c12-7-1-2-8(13)6(3-7)5-16-11(18)9(14)4-10(15)17/h1-3,9H,4-5,14H2,(H2,15,17)(H,16,18). The first-order valence-electron chi connectivity index (χ1n) is 5.15. The summed E-state index contributed by atoms with van der Waals surface area (Å²) in [5.74, 6) is -2.62. The van der Waals surface area contributed by atoms with Crippen LogP contribution in [0.4, 0.5) is 8.78 Å². The fraction of sp³-hybridized carbons (Fsp3) is 0.273. The lowest BCUT2D eigenvalue weighted by Crippen LogP contribution is -2.42. The Balaban J connectivity index is 2.57. The van der Waals surface area contributed by atoms with E-state index in [1.54, 1.807) is 0 Å². The molecule has 1 atom stereocenters. The van der Waals surface area contributed by atoms with Gasteiger partial charge in [-0.05, 0) is 18.2 Å².